The summed E-state index contributed by atoms with van der Waals surface area (Å²) in [4.78, 5) is 15.9. The Bertz CT molecular complexity index is 1150. The molecule has 0 atom stereocenters. The second-order valence-corrected chi connectivity index (χ2v) is 10.1. The summed E-state index contributed by atoms with van der Waals surface area (Å²) in [5.74, 6) is 0.783. The van der Waals surface area contributed by atoms with Gasteiger partial charge in [0.2, 0.25) is 0 Å². The molecule has 0 aliphatic carbocycles. The van der Waals surface area contributed by atoms with Crippen LogP contribution in [0.5, 0.6) is 5.75 Å². The highest BCUT2D eigenvalue weighted by atomic mass is 35.5. The lowest BCUT2D eigenvalue weighted by Crippen LogP contribution is -2.46. The summed E-state index contributed by atoms with van der Waals surface area (Å²) in [7, 11) is 0. The van der Waals surface area contributed by atoms with Crippen LogP contribution in [0.3, 0.4) is 0 Å². The van der Waals surface area contributed by atoms with Crippen LogP contribution in [-0.2, 0) is 13.0 Å². The Kier molecular flexibility index (Phi) is 10.4. The largest absolute Gasteiger partial charge is 0.494 e. The van der Waals surface area contributed by atoms with E-state index in [0.717, 1.165) is 62.9 Å². The van der Waals surface area contributed by atoms with Crippen LogP contribution in [0.15, 0.2) is 72.8 Å². The van der Waals surface area contributed by atoms with Crippen LogP contribution in [0.25, 0.3) is 11.1 Å². The molecule has 1 fully saturated rings. The number of aryl methyl sites for hydroxylation is 1. The summed E-state index contributed by atoms with van der Waals surface area (Å²) < 4.78 is 5.67. The van der Waals surface area contributed by atoms with E-state index in [1.54, 1.807) is 0 Å². The van der Waals surface area contributed by atoms with E-state index in [4.69, 9.17) is 22.1 Å². The van der Waals surface area contributed by atoms with Gasteiger partial charge in [-0.15, -0.1) is 0 Å². The van der Waals surface area contributed by atoms with Crippen LogP contribution in [0, 0.1) is 0 Å². The zero-order chi connectivity index (χ0) is 26.7. The maximum atomic E-state index is 10.8. The smallest absolute Gasteiger partial charge is 0.338 e. The number of benzene rings is 3. The van der Waals surface area contributed by atoms with Crippen molar-refractivity contribution in [1.29, 1.82) is 0 Å². The summed E-state index contributed by atoms with van der Waals surface area (Å²) in [6, 6.07) is 24.1. The molecule has 3 aromatic carbocycles. The summed E-state index contributed by atoms with van der Waals surface area (Å²) in [6.45, 7) is 6.97. The molecule has 8 heteroatoms. The van der Waals surface area contributed by atoms with E-state index in [1.165, 1.54) is 22.3 Å². The van der Waals surface area contributed by atoms with Gasteiger partial charge in [0.05, 0.1) is 13.2 Å². The summed E-state index contributed by atoms with van der Waals surface area (Å²) in [5.41, 5.74) is 10.1. The van der Waals surface area contributed by atoms with Crippen molar-refractivity contribution < 1.29 is 14.7 Å². The molecule has 4 rings (SSSR count). The number of piperazine rings is 1. The lowest BCUT2D eigenvalue weighted by atomic mass is 9.99. The lowest BCUT2D eigenvalue weighted by molar-refractivity contribution is -0.0418. The maximum Gasteiger partial charge on any atom is 0.338 e. The molecule has 1 saturated heterocycles. The number of urea groups is 1. The number of carbonyl (C=O) groups is 1. The number of hydrogen-bond donors (Lipinski definition) is 2. The van der Waals surface area contributed by atoms with Crippen molar-refractivity contribution >= 4 is 17.6 Å². The first-order valence-corrected chi connectivity index (χ1v) is 13.6. The molecule has 2 amide bonds. The van der Waals surface area contributed by atoms with E-state index in [1.807, 2.05) is 24.3 Å². The average Bonchev–Trinajstić information content (AvgIpc) is 2.93. The van der Waals surface area contributed by atoms with Gasteiger partial charge in [-0.3, -0.25) is 10.1 Å². The zero-order valence-corrected chi connectivity index (χ0v) is 22.5. The topological polar surface area (TPSA) is 82.3 Å². The first-order valence-electron chi connectivity index (χ1n) is 13.2. The number of ether oxygens (including phenoxy) is 1. The number of nitrogens with two attached hydrogens (primary N) is 1. The molecule has 38 heavy (non-hydrogen) atoms. The first-order chi connectivity index (χ1) is 18.5. The molecule has 0 unspecified atom stereocenters. The van der Waals surface area contributed by atoms with Gasteiger partial charge in [-0.25, -0.2) is 9.86 Å². The quantitative estimate of drug-likeness (QED) is 0.186. The Balaban J connectivity index is 1.15. The van der Waals surface area contributed by atoms with Crippen LogP contribution in [0.1, 0.15) is 24.0 Å². The van der Waals surface area contributed by atoms with Crippen molar-refractivity contribution in [3.05, 3.63) is 88.9 Å². The molecule has 0 spiro atoms. The molecule has 0 radical (unpaired) electrons. The van der Waals surface area contributed by atoms with Gasteiger partial charge in [0.1, 0.15) is 5.75 Å². The minimum absolute atomic E-state index is 0.151. The van der Waals surface area contributed by atoms with Crippen molar-refractivity contribution in [2.75, 3.05) is 45.9 Å². The van der Waals surface area contributed by atoms with E-state index in [0.29, 0.717) is 18.1 Å². The minimum atomic E-state index is -0.854. The van der Waals surface area contributed by atoms with E-state index < -0.39 is 6.03 Å². The van der Waals surface area contributed by atoms with Gasteiger partial charge in [-0.05, 0) is 65.9 Å². The maximum absolute atomic E-state index is 10.8. The van der Waals surface area contributed by atoms with Crippen LogP contribution in [-0.4, -0.2) is 72.0 Å². The minimum Gasteiger partial charge on any atom is -0.494 e. The molecule has 1 aliphatic heterocycles. The number of rotatable bonds is 12. The highest BCUT2D eigenvalue weighted by Gasteiger charge is 2.18. The molecule has 3 aromatic rings. The van der Waals surface area contributed by atoms with Crippen molar-refractivity contribution in [3.8, 4) is 16.9 Å². The van der Waals surface area contributed by atoms with Crippen LogP contribution in [0.2, 0.25) is 5.02 Å². The van der Waals surface area contributed by atoms with Crippen molar-refractivity contribution in [2.24, 2.45) is 5.73 Å². The SMILES string of the molecule is NC(=O)N(O)CCCOc1ccc(CCCN2CCN(Cc3ccccc3-c3ccc(Cl)cc3)CC2)cc1. The van der Waals surface area contributed by atoms with Gasteiger partial charge >= 0.3 is 6.03 Å². The fourth-order valence-electron chi connectivity index (χ4n) is 4.75. The van der Waals surface area contributed by atoms with E-state index in [-0.39, 0.29) is 6.54 Å². The van der Waals surface area contributed by atoms with E-state index in [2.05, 4.69) is 58.3 Å². The number of primary amides is 1. The van der Waals surface area contributed by atoms with Crippen molar-refractivity contribution in [3.63, 3.8) is 0 Å². The van der Waals surface area contributed by atoms with Gasteiger partial charge in [0.15, 0.2) is 0 Å². The monoisotopic (exact) mass is 536 g/mol. The van der Waals surface area contributed by atoms with Crippen molar-refractivity contribution in [2.45, 2.75) is 25.8 Å². The Morgan fingerprint density at radius 3 is 2.32 bits per heavy atom. The van der Waals surface area contributed by atoms with Gasteiger partial charge in [0.25, 0.3) is 0 Å². The number of hydroxylamine groups is 2. The van der Waals surface area contributed by atoms with E-state index in [9.17, 15) is 10.0 Å². The van der Waals surface area contributed by atoms with Gasteiger partial charge in [0, 0.05) is 44.2 Å². The highest BCUT2D eigenvalue weighted by molar-refractivity contribution is 6.30. The number of carbonyl (C=O) groups excluding carboxylic acids is 1. The second kappa shape index (κ2) is 14.2. The van der Waals surface area contributed by atoms with E-state index >= 15 is 0 Å². The third kappa shape index (κ3) is 8.46. The predicted molar refractivity (Wildman–Crippen MR) is 152 cm³/mol. The molecule has 0 aromatic heterocycles. The molecule has 202 valence electrons. The van der Waals surface area contributed by atoms with Gasteiger partial charge in [-0.1, -0.05) is 60.1 Å². The number of nitrogens with zero attached hydrogens (tertiary/aromatic N) is 3. The second-order valence-electron chi connectivity index (χ2n) is 9.69. The molecular formula is C30H37ClN4O3. The Morgan fingerprint density at radius 1 is 0.921 bits per heavy atom. The predicted octanol–water partition coefficient (Wildman–Crippen LogP) is 5.30. The summed E-state index contributed by atoms with van der Waals surface area (Å²) >= 11 is 6.09. The average molecular weight is 537 g/mol. The number of amides is 2. The van der Waals surface area contributed by atoms with Crippen LogP contribution >= 0.6 is 11.6 Å². The fourth-order valence-corrected chi connectivity index (χ4v) is 4.88. The van der Waals surface area contributed by atoms with Crippen LogP contribution in [0.4, 0.5) is 4.79 Å². The van der Waals surface area contributed by atoms with Crippen molar-refractivity contribution in [1.82, 2.24) is 14.9 Å². The Hall–Kier alpha value is -3.10. The number of halogens is 1. The Morgan fingerprint density at radius 2 is 1.61 bits per heavy atom. The molecule has 1 aliphatic rings. The van der Waals surface area contributed by atoms with Gasteiger partial charge in [-0.2, -0.15) is 0 Å². The zero-order valence-electron chi connectivity index (χ0n) is 21.8. The molecule has 0 bridgehead atoms. The molecule has 0 saturated carbocycles. The third-order valence-electron chi connectivity index (χ3n) is 6.93. The normalized spacial score (nSPS) is 14.4. The van der Waals surface area contributed by atoms with Crippen LogP contribution < -0.4 is 10.5 Å². The number of hydrogen-bond acceptors (Lipinski definition) is 5. The lowest BCUT2D eigenvalue weighted by Gasteiger charge is -2.35. The Labute approximate surface area is 230 Å². The third-order valence-corrected chi connectivity index (χ3v) is 7.18. The standard InChI is InChI=1S/C30H37ClN4O3/c31-27-12-10-25(11-13-27)29-7-2-1-6-26(29)23-34-20-18-33(19-21-34)16-3-5-24-8-14-28(15-9-24)38-22-4-17-35(37)30(32)36/h1-2,6-15,37H,3-5,16-23H2,(H2,32,36). The first kappa shape index (κ1) is 27.9. The molecule has 7 nitrogen and oxygen atoms in total. The fraction of sp³-hybridized carbons (Fsp3) is 0.367. The summed E-state index contributed by atoms with van der Waals surface area (Å²) in [6.07, 6.45) is 2.66. The molecular weight excluding hydrogens is 500 g/mol. The highest BCUT2D eigenvalue weighted by Crippen LogP contribution is 2.26. The molecule has 3 N–H and O–H groups in total. The molecule has 1 heterocycles. The van der Waals surface area contributed by atoms with Gasteiger partial charge < -0.3 is 15.4 Å². The summed E-state index contributed by atoms with van der Waals surface area (Å²) in [5, 5.41) is 10.5.